The zero-order valence-corrected chi connectivity index (χ0v) is 11.1. The van der Waals surface area contributed by atoms with Gasteiger partial charge in [0.1, 0.15) is 0 Å². The van der Waals surface area contributed by atoms with Crippen LogP contribution in [-0.4, -0.2) is 19.1 Å². The number of anilines is 1. The van der Waals surface area contributed by atoms with Crippen LogP contribution in [0.2, 0.25) is 0 Å². The third kappa shape index (κ3) is 2.88. The highest BCUT2D eigenvalue weighted by Gasteiger charge is 2.34. The molecule has 2 unspecified atom stereocenters. The van der Waals surface area contributed by atoms with Crippen LogP contribution in [0.5, 0.6) is 0 Å². The summed E-state index contributed by atoms with van der Waals surface area (Å²) >= 11 is 0. The van der Waals surface area contributed by atoms with Gasteiger partial charge in [0.25, 0.3) is 0 Å². The van der Waals surface area contributed by atoms with Crippen molar-refractivity contribution in [2.24, 2.45) is 11.7 Å². The summed E-state index contributed by atoms with van der Waals surface area (Å²) < 4.78 is 38.2. The number of benzene rings is 1. The third-order valence-corrected chi connectivity index (χ3v) is 3.76. The molecular formula is C14H16F3N3. The minimum absolute atomic E-state index is 0.0601. The number of hydrogen-bond acceptors (Lipinski definition) is 3. The Morgan fingerprint density at radius 1 is 1.45 bits per heavy atom. The van der Waals surface area contributed by atoms with E-state index in [-0.39, 0.29) is 11.6 Å². The fraction of sp³-hybridized carbons (Fsp3) is 0.500. The number of halogens is 3. The molecule has 1 saturated heterocycles. The topological polar surface area (TPSA) is 53.0 Å². The summed E-state index contributed by atoms with van der Waals surface area (Å²) in [5, 5.41) is 8.90. The van der Waals surface area contributed by atoms with E-state index in [4.69, 9.17) is 11.0 Å². The molecule has 0 amide bonds. The summed E-state index contributed by atoms with van der Waals surface area (Å²) in [5.74, 6) is 0.336. The van der Waals surface area contributed by atoms with Crippen LogP contribution in [0.1, 0.15) is 24.5 Å². The van der Waals surface area contributed by atoms with Crippen molar-refractivity contribution in [3.05, 3.63) is 29.3 Å². The van der Waals surface area contributed by atoms with Crippen LogP contribution in [0, 0.1) is 17.2 Å². The molecule has 1 fully saturated rings. The fourth-order valence-corrected chi connectivity index (χ4v) is 2.52. The normalized spacial score (nSPS) is 20.8. The molecule has 1 aliphatic rings. The summed E-state index contributed by atoms with van der Waals surface area (Å²) in [6, 6.07) is 5.40. The fourth-order valence-electron chi connectivity index (χ4n) is 2.52. The number of hydrogen-bond donors (Lipinski definition) is 1. The van der Waals surface area contributed by atoms with Gasteiger partial charge < -0.3 is 10.6 Å². The second-order valence-electron chi connectivity index (χ2n) is 5.19. The first-order chi connectivity index (χ1) is 9.32. The van der Waals surface area contributed by atoms with Crippen LogP contribution in [0.3, 0.4) is 0 Å². The van der Waals surface area contributed by atoms with Crippen LogP contribution in [-0.2, 0) is 6.18 Å². The summed E-state index contributed by atoms with van der Waals surface area (Å²) in [5.41, 5.74) is 5.28. The highest BCUT2D eigenvalue weighted by molar-refractivity contribution is 5.56. The van der Waals surface area contributed by atoms with Crippen molar-refractivity contribution in [1.82, 2.24) is 0 Å². The van der Waals surface area contributed by atoms with Gasteiger partial charge in [-0.3, -0.25) is 0 Å². The lowest BCUT2D eigenvalue weighted by atomic mass is 10.0. The number of nitriles is 1. The van der Waals surface area contributed by atoms with Crippen molar-refractivity contribution in [1.29, 1.82) is 5.26 Å². The molecule has 0 radical (unpaired) electrons. The maximum absolute atomic E-state index is 12.7. The van der Waals surface area contributed by atoms with Crippen LogP contribution in [0.25, 0.3) is 0 Å². The lowest BCUT2D eigenvalue weighted by Crippen LogP contribution is -2.29. The van der Waals surface area contributed by atoms with Gasteiger partial charge in [-0.2, -0.15) is 18.4 Å². The summed E-state index contributed by atoms with van der Waals surface area (Å²) in [6.07, 6.45) is -3.58. The monoisotopic (exact) mass is 283 g/mol. The van der Waals surface area contributed by atoms with Gasteiger partial charge in [-0.15, -0.1) is 0 Å². The molecular weight excluding hydrogens is 267 g/mol. The van der Waals surface area contributed by atoms with Gasteiger partial charge in [0.05, 0.1) is 17.2 Å². The smallest absolute Gasteiger partial charge is 0.371 e. The number of nitrogens with two attached hydrogens (primary N) is 1. The molecule has 1 heterocycles. The van der Waals surface area contributed by atoms with E-state index in [1.54, 1.807) is 6.07 Å². The van der Waals surface area contributed by atoms with Crippen molar-refractivity contribution < 1.29 is 13.2 Å². The summed E-state index contributed by atoms with van der Waals surface area (Å²) in [7, 11) is 0. The maximum Gasteiger partial charge on any atom is 0.417 e. The van der Waals surface area contributed by atoms with E-state index in [1.807, 2.05) is 11.8 Å². The average Bonchev–Trinajstić information content (AvgIpc) is 2.86. The zero-order valence-electron chi connectivity index (χ0n) is 11.1. The molecule has 6 heteroatoms. The van der Waals surface area contributed by atoms with Crippen molar-refractivity contribution in [2.75, 3.05) is 18.0 Å². The van der Waals surface area contributed by atoms with Crippen LogP contribution in [0.4, 0.5) is 18.9 Å². The Kier molecular flexibility index (Phi) is 3.91. The van der Waals surface area contributed by atoms with E-state index in [0.717, 1.165) is 19.0 Å². The first-order valence-electron chi connectivity index (χ1n) is 6.45. The minimum atomic E-state index is -4.50. The highest BCUT2D eigenvalue weighted by atomic mass is 19.4. The summed E-state index contributed by atoms with van der Waals surface area (Å²) in [4.78, 5) is 1.98. The van der Waals surface area contributed by atoms with Crippen molar-refractivity contribution in [2.45, 2.75) is 25.6 Å². The van der Waals surface area contributed by atoms with E-state index in [2.05, 4.69) is 0 Å². The van der Waals surface area contributed by atoms with Crippen molar-refractivity contribution in [3.8, 4) is 6.07 Å². The van der Waals surface area contributed by atoms with Gasteiger partial charge in [0.2, 0.25) is 0 Å². The second-order valence-corrected chi connectivity index (χ2v) is 5.19. The molecule has 20 heavy (non-hydrogen) atoms. The average molecular weight is 283 g/mol. The standard InChI is InChI=1S/C14H16F3N3/c1-9(19)10-4-5-20(8-10)12-2-3-13(14(15,16)17)11(6-12)7-18/h2-3,6,9-10H,4-5,8,19H2,1H3. The lowest BCUT2D eigenvalue weighted by Gasteiger charge is -2.21. The Bertz CT molecular complexity index is 531. The third-order valence-electron chi connectivity index (χ3n) is 3.76. The molecule has 1 aromatic rings. The molecule has 2 N–H and O–H groups in total. The Morgan fingerprint density at radius 3 is 2.65 bits per heavy atom. The number of nitrogens with zero attached hydrogens (tertiary/aromatic N) is 2. The molecule has 0 aromatic heterocycles. The number of alkyl halides is 3. The largest absolute Gasteiger partial charge is 0.417 e. The Morgan fingerprint density at radius 2 is 2.15 bits per heavy atom. The first kappa shape index (κ1) is 14.7. The molecule has 2 atom stereocenters. The van der Waals surface area contributed by atoms with E-state index in [0.29, 0.717) is 18.2 Å². The molecule has 0 aliphatic carbocycles. The Labute approximate surface area is 115 Å². The molecule has 1 aromatic carbocycles. The minimum Gasteiger partial charge on any atom is -0.371 e. The Balaban J connectivity index is 2.26. The van der Waals surface area contributed by atoms with Crippen molar-refractivity contribution in [3.63, 3.8) is 0 Å². The molecule has 2 rings (SSSR count). The van der Waals surface area contributed by atoms with Crippen LogP contribution >= 0.6 is 0 Å². The van der Waals surface area contributed by atoms with Gasteiger partial charge in [-0.25, -0.2) is 0 Å². The number of rotatable bonds is 2. The van der Waals surface area contributed by atoms with E-state index in [1.165, 1.54) is 12.1 Å². The van der Waals surface area contributed by atoms with Gasteiger partial charge in [0, 0.05) is 24.8 Å². The first-order valence-corrected chi connectivity index (χ1v) is 6.45. The molecule has 0 bridgehead atoms. The predicted octanol–water partition coefficient (Wildman–Crippen LogP) is 2.75. The van der Waals surface area contributed by atoms with Crippen molar-refractivity contribution >= 4 is 5.69 Å². The quantitative estimate of drug-likeness (QED) is 0.908. The van der Waals surface area contributed by atoms with Crippen LogP contribution in [0.15, 0.2) is 18.2 Å². The second kappa shape index (κ2) is 5.33. The SMILES string of the molecule is CC(N)C1CCN(c2ccc(C(F)(F)F)c(C#N)c2)C1. The van der Waals surface area contributed by atoms with Gasteiger partial charge in [-0.1, -0.05) is 0 Å². The van der Waals surface area contributed by atoms with Gasteiger partial charge in [0.15, 0.2) is 0 Å². The van der Waals surface area contributed by atoms with E-state index in [9.17, 15) is 13.2 Å². The summed E-state index contributed by atoms with van der Waals surface area (Å²) in [6.45, 7) is 3.40. The molecule has 108 valence electrons. The highest BCUT2D eigenvalue weighted by Crippen LogP contribution is 2.34. The predicted molar refractivity (Wildman–Crippen MR) is 70.1 cm³/mol. The van der Waals surface area contributed by atoms with Gasteiger partial charge >= 0.3 is 6.18 Å². The lowest BCUT2D eigenvalue weighted by molar-refractivity contribution is -0.137. The van der Waals surface area contributed by atoms with E-state index >= 15 is 0 Å². The maximum atomic E-state index is 12.7. The van der Waals surface area contributed by atoms with Gasteiger partial charge in [-0.05, 0) is 37.5 Å². The Hall–Kier alpha value is -1.74. The van der Waals surface area contributed by atoms with Crippen LogP contribution < -0.4 is 10.6 Å². The van der Waals surface area contributed by atoms with E-state index < -0.39 is 11.7 Å². The molecule has 3 nitrogen and oxygen atoms in total. The molecule has 0 spiro atoms. The molecule has 1 aliphatic heterocycles. The zero-order chi connectivity index (χ0) is 14.9. The molecule has 0 saturated carbocycles.